The second-order valence-electron chi connectivity index (χ2n) is 3.08. The Hall–Kier alpha value is -2.47. The summed E-state index contributed by atoms with van der Waals surface area (Å²) in [5.74, 6) is 1.85. The van der Waals surface area contributed by atoms with E-state index in [1.807, 2.05) is 30.3 Å². The van der Waals surface area contributed by atoms with Gasteiger partial charge in [-0.3, -0.25) is 0 Å². The summed E-state index contributed by atoms with van der Waals surface area (Å²) in [4.78, 5) is 0. The minimum atomic E-state index is 0.468. The van der Waals surface area contributed by atoms with Gasteiger partial charge in [-0.15, -0.1) is 5.26 Å². The molecule has 0 bridgehead atoms. The molecule has 0 amide bonds. The van der Waals surface area contributed by atoms with E-state index in [4.69, 9.17) is 14.7 Å². The predicted molar refractivity (Wildman–Crippen MR) is 59.2 cm³/mol. The molecule has 2 aromatic rings. The van der Waals surface area contributed by atoms with Crippen molar-refractivity contribution in [2.24, 2.45) is 0 Å². The molecule has 78 valence electrons. The Balaban J connectivity index is 2.16. The van der Waals surface area contributed by atoms with Crippen LogP contribution >= 0.6 is 0 Å². The first-order valence-corrected chi connectivity index (χ1v) is 4.77. The van der Waals surface area contributed by atoms with Gasteiger partial charge in [-0.25, -0.2) is 0 Å². The van der Waals surface area contributed by atoms with Gasteiger partial charge < -0.3 is 9.47 Å². The van der Waals surface area contributed by atoms with E-state index in [-0.39, 0.29) is 0 Å². The van der Waals surface area contributed by atoms with Gasteiger partial charge in [0.25, 0.3) is 6.26 Å². The smallest absolute Gasteiger partial charge is 0.292 e. The Kier molecular flexibility index (Phi) is 3.05. The molecule has 0 atom stereocenters. The topological polar surface area (TPSA) is 42.2 Å². The molecule has 16 heavy (non-hydrogen) atoms. The molecular weight excluding hydrogens is 202 g/mol. The summed E-state index contributed by atoms with van der Waals surface area (Å²) in [5.41, 5.74) is 0. The number of rotatable bonds is 3. The Morgan fingerprint density at radius 3 is 2.25 bits per heavy atom. The van der Waals surface area contributed by atoms with Gasteiger partial charge in [0.2, 0.25) is 0 Å². The summed E-state index contributed by atoms with van der Waals surface area (Å²) >= 11 is 0. The van der Waals surface area contributed by atoms with Crippen molar-refractivity contribution in [3.05, 3.63) is 54.6 Å². The quantitative estimate of drug-likeness (QED) is 0.731. The van der Waals surface area contributed by atoms with Gasteiger partial charge >= 0.3 is 0 Å². The van der Waals surface area contributed by atoms with Crippen molar-refractivity contribution < 1.29 is 9.47 Å². The number of nitrogens with zero attached hydrogens (tertiary/aromatic N) is 1. The van der Waals surface area contributed by atoms with Gasteiger partial charge in [0, 0.05) is 6.07 Å². The van der Waals surface area contributed by atoms with Crippen molar-refractivity contribution in [2.45, 2.75) is 0 Å². The minimum absolute atomic E-state index is 0.468. The van der Waals surface area contributed by atoms with Crippen LogP contribution < -0.4 is 9.47 Å². The highest BCUT2D eigenvalue weighted by Gasteiger charge is 1.98. The van der Waals surface area contributed by atoms with Crippen molar-refractivity contribution in [2.75, 3.05) is 0 Å². The molecule has 0 aliphatic heterocycles. The standard InChI is InChI=1S/C13H9NO2/c14-10-15-12-7-4-8-13(9-12)16-11-5-2-1-3-6-11/h1-9H. The second kappa shape index (κ2) is 4.85. The number of hydrogen-bond acceptors (Lipinski definition) is 3. The summed E-state index contributed by atoms with van der Waals surface area (Å²) in [6, 6.07) is 16.4. The van der Waals surface area contributed by atoms with Gasteiger partial charge in [0.15, 0.2) is 0 Å². The van der Waals surface area contributed by atoms with E-state index < -0.39 is 0 Å². The van der Waals surface area contributed by atoms with E-state index in [1.165, 1.54) is 0 Å². The van der Waals surface area contributed by atoms with E-state index in [2.05, 4.69) is 0 Å². The Morgan fingerprint density at radius 2 is 1.50 bits per heavy atom. The minimum Gasteiger partial charge on any atom is -0.457 e. The Labute approximate surface area is 93.5 Å². The van der Waals surface area contributed by atoms with Crippen LogP contribution in [0.3, 0.4) is 0 Å². The number of para-hydroxylation sites is 1. The fourth-order valence-electron chi connectivity index (χ4n) is 1.28. The lowest BCUT2D eigenvalue weighted by atomic mass is 10.3. The predicted octanol–water partition coefficient (Wildman–Crippen LogP) is 3.34. The number of benzene rings is 2. The number of hydrogen-bond donors (Lipinski definition) is 0. The average Bonchev–Trinajstić information content (AvgIpc) is 2.31. The van der Waals surface area contributed by atoms with Gasteiger partial charge in [0.05, 0.1) is 0 Å². The molecule has 0 aliphatic rings. The van der Waals surface area contributed by atoms with E-state index in [0.29, 0.717) is 11.5 Å². The number of nitriles is 1. The fraction of sp³-hybridized carbons (Fsp3) is 0. The largest absolute Gasteiger partial charge is 0.457 e. The van der Waals surface area contributed by atoms with E-state index in [1.54, 1.807) is 30.5 Å². The number of ether oxygens (including phenoxy) is 2. The van der Waals surface area contributed by atoms with Gasteiger partial charge in [0.1, 0.15) is 17.2 Å². The summed E-state index contributed by atoms with van der Waals surface area (Å²) in [5, 5.41) is 8.39. The molecular formula is C13H9NO2. The van der Waals surface area contributed by atoms with Crippen LogP contribution in [0.2, 0.25) is 0 Å². The molecule has 3 heteroatoms. The highest BCUT2D eigenvalue weighted by molar-refractivity contribution is 5.37. The zero-order valence-electron chi connectivity index (χ0n) is 8.46. The first kappa shape index (κ1) is 10.1. The van der Waals surface area contributed by atoms with E-state index in [9.17, 15) is 0 Å². The summed E-state index contributed by atoms with van der Waals surface area (Å²) in [7, 11) is 0. The van der Waals surface area contributed by atoms with Crippen LogP contribution in [-0.4, -0.2) is 0 Å². The van der Waals surface area contributed by atoms with Crippen LogP contribution in [0.5, 0.6) is 17.2 Å². The third-order valence-electron chi connectivity index (χ3n) is 1.95. The molecule has 0 saturated heterocycles. The first-order chi connectivity index (χ1) is 7.88. The maximum atomic E-state index is 8.39. The van der Waals surface area contributed by atoms with Crippen LogP contribution in [0.15, 0.2) is 54.6 Å². The maximum Gasteiger partial charge on any atom is 0.292 e. The van der Waals surface area contributed by atoms with Crippen molar-refractivity contribution in [1.29, 1.82) is 5.26 Å². The molecule has 0 saturated carbocycles. The summed E-state index contributed by atoms with van der Waals surface area (Å²) in [6.07, 6.45) is 1.62. The van der Waals surface area contributed by atoms with Crippen molar-refractivity contribution in [3.8, 4) is 23.5 Å². The van der Waals surface area contributed by atoms with Crippen LogP contribution in [0.25, 0.3) is 0 Å². The summed E-state index contributed by atoms with van der Waals surface area (Å²) < 4.78 is 10.3. The molecule has 0 aromatic heterocycles. The van der Waals surface area contributed by atoms with Crippen LogP contribution in [0.4, 0.5) is 0 Å². The monoisotopic (exact) mass is 211 g/mol. The molecule has 3 nitrogen and oxygen atoms in total. The SMILES string of the molecule is N#COc1cccc(Oc2ccccc2)c1. The highest BCUT2D eigenvalue weighted by Crippen LogP contribution is 2.24. The highest BCUT2D eigenvalue weighted by atomic mass is 16.5. The zero-order chi connectivity index (χ0) is 11.2. The molecule has 0 fully saturated rings. The third kappa shape index (κ3) is 2.52. The lowest BCUT2D eigenvalue weighted by Crippen LogP contribution is -1.85. The lowest BCUT2D eigenvalue weighted by Gasteiger charge is -2.05. The van der Waals surface area contributed by atoms with Crippen molar-refractivity contribution in [1.82, 2.24) is 0 Å². The Bertz CT molecular complexity index is 503. The van der Waals surface area contributed by atoms with Crippen LogP contribution in [0, 0.1) is 11.5 Å². The Morgan fingerprint density at radius 1 is 0.812 bits per heavy atom. The normalized spacial score (nSPS) is 9.19. The molecule has 0 heterocycles. The second-order valence-corrected chi connectivity index (χ2v) is 3.08. The maximum absolute atomic E-state index is 8.39. The fourth-order valence-corrected chi connectivity index (χ4v) is 1.28. The lowest BCUT2D eigenvalue weighted by molar-refractivity contribution is 0.469. The van der Waals surface area contributed by atoms with E-state index in [0.717, 1.165) is 5.75 Å². The van der Waals surface area contributed by atoms with Gasteiger partial charge in [-0.1, -0.05) is 24.3 Å². The molecule has 0 unspecified atom stereocenters. The van der Waals surface area contributed by atoms with Gasteiger partial charge in [-0.2, -0.15) is 0 Å². The summed E-state index contributed by atoms with van der Waals surface area (Å²) in [6.45, 7) is 0. The van der Waals surface area contributed by atoms with Crippen molar-refractivity contribution in [3.63, 3.8) is 0 Å². The molecule has 0 N–H and O–H groups in total. The van der Waals surface area contributed by atoms with Crippen LogP contribution in [0.1, 0.15) is 0 Å². The molecule has 0 spiro atoms. The third-order valence-corrected chi connectivity index (χ3v) is 1.95. The van der Waals surface area contributed by atoms with E-state index >= 15 is 0 Å². The first-order valence-electron chi connectivity index (χ1n) is 4.77. The zero-order valence-corrected chi connectivity index (χ0v) is 8.46. The van der Waals surface area contributed by atoms with Crippen molar-refractivity contribution >= 4 is 0 Å². The molecule has 2 rings (SSSR count). The average molecular weight is 211 g/mol. The molecule has 2 aromatic carbocycles. The van der Waals surface area contributed by atoms with Crippen LogP contribution in [-0.2, 0) is 0 Å². The van der Waals surface area contributed by atoms with Gasteiger partial charge in [-0.05, 0) is 24.3 Å². The molecule has 0 radical (unpaired) electrons. The molecule has 0 aliphatic carbocycles.